The maximum absolute atomic E-state index is 11.6. The predicted molar refractivity (Wildman–Crippen MR) is 58.9 cm³/mol. The van der Waals surface area contributed by atoms with Crippen LogP contribution in [0, 0.1) is 22.7 Å². The molecule has 0 amide bonds. The summed E-state index contributed by atoms with van der Waals surface area (Å²) in [6.07, 6.45) is 2.37. The highest BCUT2D eigenvalue weighted by molar-refractivity contribution is 5.83. The Labute approximate surface area is 91.7 Å². The summed E-state index contributed by atoms with van der Waals surface area (Å²) in [6.45, 7) is 7.65. The monoisotopic (exact) mass is 209 g/mol. The van der Waals surface area contributed by atoms with Crippen molar-refractivity contribution in [1.82, 2.24) is 0 Å². The summed E-state index contributed by atoms with van der Waals surface area (Å²) in [7, 11) is 1.31. The number of carbonyl (C=O) groups is 1. The van der Waals surface area contributed by atoms with Gasteiger partial charge in [0.15, 0.2) is 5.41 Å². The van der Waals surface area contributed by atoms with Crippen LogP contribution in [-0.2, 0) is 9.53 Å². The largest absolute Gasteiger partial charge is 0.468 e. The van der Waals surface area contributed by atoms with E-state index in [0.29, 0.717) is 12.3 Å². The third kappa shape index (κ3) is 2.82. The number of nitriles is 1. The Morgan fingerprint density at radius 3 is 2.40 bits per heavy atom. The number of allylic oxidation sites excluding steroid dienone is 1. The second kappa shape index (κ2) is 5.55. The van der Waals surface area contributed by atoms with Crippen LogP contribution in [0.2, 0.25) is 0 Å². The lowest BCUT2D eigenvalue weighted by Gasteiger charge is -2.23. The summed E-state index contributed by atoms with van der Waals surface area (Å²) in [5, 5.41) is 9.17. The van der Waals surface area contributed by atoms with Gasteiger partial charge in [0.05, 0.1) is 13.2 Å². The van der Waals surface area contributed by atoms with Crippen LogP contribution in [0.1, 0.15) is 34.1 Å². The predicted octanol–water partition coefficient (Wildman–Crippen LogP) is 2.68. The Hall–Kier alpha value is -1.30. The molecule has 1 atom stereocenters. The van der Waals surface area contributed by atoms with E-state index in [0.717, 1.165) is 5.57 Å². The zero-order chi connectivity index (χ0) is 12.1. The molecule has 0 saturated carbocycles. The molecule has 1 unspecified atom stereocenters. The molecular weight excluding hydrogens is 190 g/mol. The molecule has 15 heavy (non-hydrogen) atoms. The normalized spacial score (nSPS) is 15.7. The molecule has 0 radical (unpaired) electrons. The molecule has 0 spiro atoms. The van der Waals surface area contributed by atoms with E-state index in [1.165, 1.54) is 7.11 Å². The average Bonchev–Trinajstić information content (AvgIpc) is 2.19. The summed E-state index contributed by atoms with van der Waals surface area (Å²) < 4.78 is 4.70. The maximum Gasteiger partial charge on any atom is 0.330 e. The van der Waals surface area contributed by atoms with Gasteiger partial charge in [-0.3, -0.25) is 0 Å². The molecule has 0 fully saturated rings. The van der Waals surface area contributed by atoms with Crippen molar-refractivity contribution >= 4 is 5.97 Å². The van der Waals surface area contributed by atoms with Crippen molar-refractivity contribution in [2.45, 2.75) is 34.1 Å². The topological polar surface area (TPSA) is 50.1 Å². The van der Waals surface area contributed by atoms with Crippen LogP contribution < -0.4 is 0 Å². The Morgan fingerprint density at radius 1 is 1.60 bits per heavy atom. The van der Waals surface area contributed by atoms with Crippen molar-refractivity contribution in [2.75, 3.05) is 7.11 Å². The molecule has 0 heterocycles. The number of hydrogen-bond acceptors (Lipinski definition) is 3. The van der Waals surface area contributed by atoms with Gasteiger partial charge in [-0.1, -0.05) is 26.8 Å². The van der Waals surface area contributed by atoms with Gasteiger partial charge in [0.25, 0.3) is 0 Å². The van der Waals surface area contributed by atoms with Gasteiger partial charge in [-0.25, -0.2) is 4.79 Å². The van der Waals surface area contributed by atoms with E-state index in [-0.39, 0.29) is 0 Å². The van der Waals surface area contributed by atoms with Gasteiger partial charge in [0.1, 0.15) is 0 Å². The lowest BCUT2D eigenvalue weighted by Crippen LogP contribution is -2.31. The van der Waals surface area contributed by atoms with Gasteiger partial charge < -0.3 is 4.74 Å². The first-order valence-electron chi connectivity index (χ1n) is 5.13. The number of carbonyl (C=O) groups excluding carboxylic acids is 1. The molecule has 0 aliphatic rings. The van der Waals surface area contributed by atoms with E-state index in [9.17, 15) is 4.79 Å². The van der Waals surface area contributed by atoms with Crippen LogP contribution in [0.4, 0.5) is 0 Å². The highest BCUT2D eigenvalue weighted by Gasteiger charge is 2.40. The minimum atomic E-state index is -1.11. The fraction of sp³-hybridized carbons (Fsp3) is 0.667. The zero-order valence-corrected chi connectivity index (χ0v) is 10.1. The number of esters is 1. The summed E-state index contributed by atoms with van der Waals surface area (Å²) in [6, 6.07) is 2.08. The van der Waals surface area contributed by atoms with E-state index in [2.05, 4.69) is 6.07 Å². The molecule has 0 aromatic heterocycles. The molecule has 0 aliphatic heterocycles. The molecule has 3 nitrogen and oxygen atoms in total. The van der Waals surface area contributed by atoms with E-state index < -0.39 is 11.4 Å². The second-order valence-electron chi connectivity index (χ2n) is 3.96. The van der Waals surface area contributed by atoms with Crippen LogP contribution in [0.25, 0.3) is 0 Å². The van der Waals surface area contributed by atoms with Gasteiger partial charge in [-0.2, -0.15) is 5.26 Å². The number of nitrogens with zero attached hydrogens (tertiary/aromatic N) is 1. The molecule has 0 saturated heterocycles. The first kappa shape index (κ1) is 13.7. The SMILES string of the molecule is CCC(C#N)(C(=O)OC)/C(C)=C/C(C)C. The van der Waals surface area contributed by atoms with Crippen molar-refractivity contribution in [3.8, 4) is 6.07 Å². The highest BCUT2D eigenvalue weighted by Crippen LogP contribution is 2.32. The minimum absolute atomic E-state index is 0.314. The van der Waals surface area contributed by atoms with Crippen molar-refractivity contribution in [3.63, 3.8) is 0 Å². The summed E-state index contributed by atoms with van der Waals surface area (Å²) >= 11 is 0. The van der Waals surface area contributed by atoms with Gasteiger partial charge in [0, 0.05) is 0 Å². The molecule has 0 N–H and O–H groups in total. The smallest absolute Gasteiger partial charge is 0.330 e. The molecule has 0 aliphatic carbocycles. The molecule has 84 valence electrons. The van der Waals surface area contributed by atoms with Crippen molar-refractivity contribution < 1.29 is 9.53 Å². The molecule has 0 rings (SSSR count). The standard InChI is InChI=1S/C12H19NO2/c1-6-12(8-13,11(14)15-5)10(4)7-9(2)3/h7,9H,6H2,1-5H3/b10-7+. The Morgan fingerprint density at radius 2 is 2.13 bits per heavy atom. The molecule has 3 heteroatoms. The van der Waals surface area contributed by atoms with Crippen LogP contribution in [-0.4, -0.2) is 13.1 Å². The maximum atomic E-state index is 11.6. The summed E-state index contributed by atoms with van der Waals surface area (Å²) in [4.78, 5) is 11.6. The van der Waals surface area contributed by atoms with Crippen molar-refractivity contribution in [1.29, 1.82) is 5.26 Å². The van der Waals surface area contributed by atoms with Crippen LogP contribution in [0.5, 0.6) is 0 Å². The van der Waals surface area contributed by atoms with Crippen LogP contribution in [0.15, 0.2) is 11.6 Å². The quantitative estimate of drug-likeness (QED) is 0.528. The first-order chi connectivity index (χ1) is 6.94. The second-order valence-corrected chi connectivity index (χ2v) is 3.96. The Balaban J connectivity index is 5.31. The van der Waals surface area contributed by atoms with E-state index in [1.54, 1.807) is 0 Å². The van der Waals surface area contributed by atoms with E-state index in [1.807, 2.05) is 33.8 Å². The highest BCUT2D eigenvalue weighted by atomic mass is 16.5. The van der Waals surface area contributed by atoms with Gasteiger partial charge in [0.2, 0.25) is 0 Å². The summed E-state index contributed by atoms with van der Waals surface area (Å²) in [5.74, 6) is -0.157. The lowest BCUT2D eigenvalue weighted by molar-refractivity contribution is -0.147. The number of hydrogen-bond donors (Lipinski definition) is 0. The van der Waals surface area contributed by atoms with Gasteiger partial charge in [-0.15, -0.1) is 0 Å². The van der Waals surface area contributed by atoms with Crippen LogP contribution in [0.3, 0.4) is 0 Å². The van der Waals surface area contributed by atoms with Crippen LogP contribution >= 0.6 is 0 Å². The summed E-state index contributed by atoms with van der Waals surface area (Å²) in [5.41, 5.74) is -0.340. The van der Waals surface area contributed by atoms with Gasteiger partial charge in [-0.05, 0) is 24.8 Å². The number of ether oxygens (including phenoxy) is 1. The number of rotatable bonds is 4. The fourth-order valence-corrected chi connectivity index (χ4v) is 1.61. The van der Waals surface area contributed by atoms with Crippen molar-refractivity contribution in [2.24, 2.45) is 11.3 Å². The third-order valence-corrected chi connectivity index (χ3v) is 2.51. The third-order valence-electron chi connectivity index (χ3n) is 2.51. The van der Waals surface area contributed by atoms with E-state index >= 15 is 0 Å². The van der Waals surface area contributed by atoms with E-state index in [4.69, 9.17) is 10.00 Å². The average molecular weight is 209 g/mol. The van der Waals surface area contributed by atoms with Crippen molar-refractivity contribution in [3.05, 3.63) is 11.6 Å². The van der Waals surface area contributed by atoms with Gasteiger partial charge >= 0.3 is 5.97 Å². The number of methoxy groups -OCH3 is 1. The Bertz CT molecular complexity index is 299. The molecule has 0 aromatic carbocycles. The zero-order valence-electron chi connectivity index (χ0n) is 10.1. The molecule has 0 bridgehead atoms. The lowest BCUT2D eigenvalue weighted by atomic mass is 9.78. The first-order valence-corrected chi connectivity index (χ1v) is 5.13. The Kier molecular flexibility index (Phi) is 5.07. The molecular formula is C12H19NO2. The molecule has 0 aromatic rings. The minimum Gasteiger partial charge on any atom is -0.468 e. The fourth-order valence-electron chi connectivity index (χ4n) is 1.61.